The molecular weight excluding hydrogens is 254 g/mol. The summed E-state index contributed by atoms with van der Waals surface area (Å²) in [7, 11) is 0. The highest BCUT2D eigenvalue weighted by molar-refractivity contribution is 5.86. The van der Waals surface area contributed by atoms with Crippen molar-refractivity contribution in [1.82, 2.24) is 0 Å². The zero-order valence-electron chi connectivity index (χ0n) is 12.7. The summed E-state index contributed by atoms with van der Waals surface area (Å²) in [5, 5.41) is 2.59. The summed E-state index contributed by atoms with van der Waals surface area (Å²) in [6, 6.07) is 24.0. The lowest BCUT2D eigenvalue weighted by atomic mass is 10.1. The zero-order chi connectivity index (χ0) is 14.7. The van der Waals surface area contributed by atoms with Gasteiger partial charge in [0.25, 0.3) is 0 Å². The average molecular weight is 275 g/mol. The molecule has 0 saturated carbocycles. The maximum atomic E-state index is 2.39. The largest absolute Gasteiger partial charge is 0.341 e. The molecule has 0 aliphatic carbocycles. The van der Waals surface area contributed by atoms with Crippen LogP contribution in [0.25, 0.3) is 10.8 Å². The molecule has 3 rings (SSSR count). The van der Waals surface area contributed by atoms with Gasteiger partial charge in [-0.05, 0) is 48.4 Å². The van der Waals surface area contributed by atoms with E-state index in [2.05, 4.69) is 85.5 Å². The summed E-state index contributed by atoms with van der Waals surface area (Å²) in [5.41, 5.74) is 3.82. The summed E-state index contributed by atoms with van der Waals surface area (Å²) in [6.45, 7) is 5.38. The molecule has 0 aliphatic rings. The van der Waals surface area contributed by atoms with Crippen molar-refractivity contribution < 1.29 is 0 Å². The van der Waals surface area contributed by atoms with Crippen LogP contribution in [0, 0.1) is 6.92 Å². The van der Waals surface area contributed by atoms with Gasteiger partial charge in [-0.1, -0.05) is 55.0 Å². The first kappa shape index (κ1) is 13.7. The molecule has 0 aliphatic heterocycles. The number of benzene rings is 3. The van der Waals surface area contributed by atoms with Crippen LogP contribution in [0.2, 0.25) is 0 Å². The van der Waals surface area contributed by atoms with Gasteiger partial charge < -0.3 is 4.90 Å². The van der Waals surface area contributed by atoms with Crippen LogP contribution >= 0.6 is 0 Å². The molecule has 0 heterocycles. The van der Waals surface area contributed by atoms with Crippen LogP contribution in [-0.2, 0) is 0 Å². The van der Waals surface area contributed by atoms with Crippen LogP contribution in [0.5, 0.6) is 0 Å². The molecule has 0 spiro atoms. The van der Waals surface area contributed by atoms with Gasteiger partial charge in [-0.3, -0.25) is 0 Å². The van der Waals surface area contributed by atoms with E-state index in [1.54, 1.807) is 0 Å². The van der Waals surface area contributed by atoms with Crippen molar-refractivity contribution in [2.75, 3.05) is 11.4 Å². The molecule has 0 radical (unpaired) electrons. The third-order valence-corrected chi connectivity index (χ3v) is 3.84. The smallest absolute Gasteiger partial charge is 0.0417 e. The molecule has 0 bridgehead atoms. The quantitative estimate of drug-likeness (QED) is 0.590. The Morgan fingerprint density at radius 3 is 2.14 bits per heavy atom. The average Bonchev–Trinajstić information content (AvgIpc) is 2.53. The molecule has 1 nitrogen and oxygen atoms in total. The summed E-state index contributed by atoms with van der Waals surface area (Å²) < 4.78 is 0. The van der Waals surface area contributed by atoms with E-state index in [1.165, 1.54) is 27.7 Å². The molecule has 21 heavy (non-hydrogen) atoms. The van der Waals surface area contributed by atoms with Crippen molar-refractivity contribution in [3.8, 4) is 0 Å². The molecule has 0 atom stereocenters. The van der Waals surface area contributed by atoms with Crippen LogP contribution in [0.15, 0.2) is 66.7 Å². The minimum absolute atomic E-state index is 1.03. The standard InChI is InChI=1S/C20H21N/c1-3-14-21(19-11-8-16(2)9-12-19)20-13-10-17-6-4-5-7-18(17)15-20/h4-13,15H,3,14H2,1-2H3. The van der Waals surface area contributed by atoms with Crippen LogP contribution < -0.4 is 4.90 Å². The number of anilines is 2. The molecule has 1 heteroatoms. The molecule has 3 aromatic carbocycles. The predicted molar refractivity (Wildman–Crippen MR) is 92.4 cm³/mol. The number of hydrogen-bond acceptors (Lipinski definition) is 1. The first-order valence-electron chi connectivity index (χ1n) is 7.61. The van der Waals surface area contributed by atoms with E-state index in [4.69, 9.17) is 0 Å². The highest BCUT2D eigenvalue weighted by atomic mass is 15.1. The van der Waals surface area contributed by atoms with Gasteiger partial charge in [0.15, 0.2) is 0 Å². The first-order chi connectivity index (χ1) is 10.3. The van der Waals surface area contributed by atoms with Gasteiger partial charge in [0.2, 0.25) is 0 Å². The maximum Gasteiger partial charge on any atom is 0.0417 e. The van der Waals surface area contributed by atoms with Crippen LogP contribution in [-0.4, -0.2) is 6.54 Å². The Morgan fingerprint density at radius 2 is 1.43 bits per heavy atom. The van der Waals surface area contributed by atoms with Gasteiger partial charge in [0.05, 0.1) is 0 Å². The Morgan fingerprint density at radius 1 is 0.762 bits per heavy atom. The minimum Gasteiger partial charge on any atom is -0.341 e. The van der Waals surface area contributed by atoms with Crippen LogP contribution in [0.1, 0.15) is 18.9 Å². The second kappa shape index (κ2) is 6.01. The van der Waals surface area contributed by atoms with Gasteiger partial charge >= 0.3 is 0 Å². The fourth-order valence-electron chi connectivity index (χ4n) is 2.70. The lowest BCUT2D eigenvalue weighted by Crippen LogP contribution is -2.17. The van der Waals surface area contributed by atoms with E-state index >= 15 is 0 Å². The molecule has 0 unspecified atom stereocenters. The number of nitrogens with zero attached hydrogens (tertiary/aromatic N) is 1. The van der Waals surface area contributed by atoms with E-state index in [1.807, 2.05) is 0 Å². The molecule has 0 N–H and O–H groups in total. The Labute approximate surface area is 126 Å². The molecule has 0 saturated heterocycles. The van der Waals surface area contributed by atoms with Gasteiger partial charge in [-0.25, -0.2) is 0 Å². The van der Waals surface area contributed by atoms with Gasteiger partial charge in [0, 0.05) is 17.9 Å². The third kappa shape index (κ3) is 2.92. The Kier molecular flexibility index (Phi) is 3.92. The van der Waals surface area contributed by atoms with E-state index in [0.717, 1.165) is 13.0 Å². The molecule has 0 fully saturated rings. The Balaban J connectivity index is 2.04. The van der Waals surface area contributed by atoms with Gasteiger partial charge in [-0.15, -0.1) is 0 Å². The molecule has 0 amide bonds. The van der Waals surface area contributed by atoms with Crippen molar-refractivity contribution >= 4 is 22.1 Å². The monoisotopic (exact) mass is 275 g/mol. The normalized spacial score (nSPS) is 10.8. The van der Waals surface area contributed by atoms with Crippen molar-refractivity contribution in [3.05, 3.63) is 72.3 Å². The van der Waals surface area contributed by atoms with Crippen LogP contribution in [0.4, 0.5) is 11.4 Å². The number of fused-ring (bicyclic) bond motifs is 1. The topological polar surface area (TPSA) is 3.24 Å². The summed E-state index contributed by atoms with van der Waals surface area (Å²) in [4.78, 5) is 2.39. The zero-order valence-corrected chi connectivity index (χ0v) is 12.7. The van der Waals surface area contributed by atoms with E-state index in [-0.39, 0.29) is 0 Å². The maximum absolute atomic E-state index is 2.39. The molecular formula is C20H21N. The fourth-order valence-corrected chi connectivity index (χ4v) is 2.70. The lowest BCUT2D eigenvalue weighted by Gasteiger charge is -2.25. The minimum atomic E-state index is 1.03. The highest BCUT2D eigenvalue weighted by Crippen LogP contribution is 2.29. The lowest BCUT2D eigenvalue weighted by molar-refractivity contribution is 0.886. The van der Waals surface area contributed by atoms with Crippen LogP contribution in [0.3, 0.4) is 0 Å². The summed E-state index contributed by atoms with van der Waals surface area (Å²) >= 11 is 0. The van der Waals surface area contributed by atoms with E-state index < -0.39 is 0 Å². The first-order valence-corrected chi connectivity index (χ1v) is 7.61. The summed E-state index contributed by atoms with van der Waals surface area (Å²) in [6.07, 6.45) is 1.13. The van der Waals surface area contributed by atoms with E-state index in [0.29, 0.717) is 0 Å². The second-order valence-electron chi connectivity index (χ2n) is 5.52. The SMILES string of the molecule is CCCN(c1ccc(C)cc1)c1ccc2ccccc2c1. The number of rotatable bonds is 4. The molecule has 106 valence electrons. The van der Waals surface area contributed by atoms with E-state index in [9.17, 15) is 0 Å². The Hall–Kier alpha value is -2.28. The van der Waals surface area contributed by atoms with Gasteiger partial charge in [-0.2, -0.15) is 0 Å². The fraction of sp³-hybridized carbons (Fsp3) is 0.200. The van der Waals surface area contributed by atoms with Crippen molar-refractivity contribution in [1.29, 1.82) is 0 Å². The Bertz CT molecular complexity index is 728. The highest BCUT2D eigenvalue weighted by Gasteiger charge is 2.08. The van der Waals surface area contributed by atoms with Crippen molar-refractivity contribution in [3.63, 3.8) is 0 Å². The second-order valence-corrected chi connectivity index (χ2v) is 5.52. The number of hydrogen-bond donors (Lipinski definition) is 0. The third-order valence-electron chi connectivity index (χ3n) is 3.84. The molecule has 0 aromatic heterocycles. The van der Waals surface area contributed by atoms with Gasteiger partial charge in [0.1, 0.15) is 0 Å². The van der Waals surface area contributed by atoms with Crippen molar-refractivity contribution in [2.24, 2.45) is 0 Å². The summed E-state index contributed by atoms with van der Waals surface area (Å²) in [5.74, 6) is 0. The predicted octanol–water partition coefficient (Wildman–Crippen LogP) is 5.70. The number of aryl methyl sites for hydroxylation is 1. The molecule has 3 aromatic rings. The van der Waals surface area contributed by atoms with Crippen molar-refractivity contribution in [2.45, 2.75) is 20.3 Å².